The van der Waals surface area contributed by atoms with Crippen LogP contribution in [0.4, 0.5) is 18.9 Å². The lowest BCUT2D eigenvalue weighted by molar-refractivity contribution is -0.145. The molecule has 0 unspecified atom stereocenters. The number of para-hydroxylation sites is 1. The van der Waals surface area contributed by atoms with Crippen LogP contribution in [0, 0.1) is 0 Å². The third-order valence-corrected chi connectivity index (χ3v) is 4.48. The first-order valence-corrected chi connectivity index (χ1v) is 9.54. The van der Waals surface area contributed by atoms with Crippen LogP contribution in [0.25, 0.3) is 0 Å². The summed E-state index contributed by atoms with van der Waals surface area (Å²) in [5.74, 6) is -1.62. The van der Waals surface area contributed by atoms with Crippen LogP contribution in [-0.4, -0.2) is 52.3 Å². The van der Waals surface area contributed by atoms with Gasteiger partial charge in [0, 0.05) is 18.1 Å². The molecule has 11 heteroatoms. The second-order valence-corrected chi connectivity index (χ2v) is 6.54. The topological polar surface area (TPSA) is 78.3 Å². The van der Waals surface area contributed by atoms with Crippen molar-refractivity contribution in [1.29, 1.82) is 0 Å². The Balaban J connectivity index is 2.03. The van der Waals surface area contributed by atoms with Crippen molar-refractivity contribution >= 4 is 23.4 Å². The minimum atomic E-state index is -4.30. The zero-order valence-electron chi connectivity index (χ0n) is 15.4. The van der Waals surface area contributed by atoms with Crippen molar-refractivity contribution in [2.24, 2.45) is 0 Å². The van der Waals surface area contributed by atoms with Crippen molar-refractivity contribution in [2.45, 2.75) is 37.8 Å². The molecular formula is C17H21F3N4O3S. The molecule has 0 fully saturated rings. The van der Waals surface area contributed by atoms with Crippen molar-refractivity contribution in [3.05, 3.63) is 36.2 Å². The van der Waals surface area contributed by atoms with Crippen molar-refractivity contribution in [3.63, 3.8) is 0 Å². The zero-order chi connectivity index (χ0) is 20.6. The molecule has 0 aliphatic rings. The van der Waals surface area contributed by atoms with E-state index in [1.807, 2.05) is 13.8 Å². The van der Waals surface area contributed by atoms with E-state index in [1.165, 1.54) is 23.0 Å². The summed E-state index contributed by atoms with van der Waals surface area (Å²) in [5, 5.41) is 10.2. The van der Waals surface area contributed by atoms with Crippen LogP contribution in [0.1, 0.15) is 24.3 Å². The van der Waals surface area contributed by atoms with E-state index in [2.05, 4.69) is 15.6 Å². The van der Waals surface area contributed by atoms with Crippen LogP contribution in [-0.2, 0) is 16.0 Å². The lowest BCUT2D eigenvalue weighted by Crippen LogP contribution is -2.24. The highest BCUT2D eigenvalue weighted by atomic mass is 32.2. The molecule has 0 radical (unpaired) electrons. The number of thioether (sulfide) groups is 1. The maximum Gasteiger partial charge on any atom is 0.398 e. The summed E-state index contributed by atoms with van der Waals surface area (Å²) >= 11 is 0.602. The molecule has 0 saturated heterocycles. The summed E-state index contributed by atoms with van der Waals surface area (Å²) in [6, 6.07) is 6.27. The van der Waals surface area contributed by atoms with Crippen LogP contribution in [0.5, 0.6) is 0 Å². The van der Waals surface area contributed by atoms with Gasteiger partial charge in [-0.25, -0.2) is 4.68 Å². The van der Waals surface area contributed by atoms with E-state index in [9.17, 15) is 18.0 Å². The monoisotopic (exact) mass is 418 g/mol. The number of benzene rings is 1. The van der Waals surface area contributed by atoms with Gasteiger partial charge in [0.1, 0.15) is 0 Å². The molecule has 0 bridgehead atoms. The first-order chi connectivity index (χ1) is 13.3. The fourth-order valence-electron chi connectivity index (χ4n) is 2.21. The Morgan fingerprint density at radius 3 is 2.57 bits per heavy atom. The quantitative estimate of drug-likeness (QED) is 0.469. The summed E-state index contributed by atoms with van der Waals surface area (Å²) in [6.45, 7) is 4.83. The van der Waals surface area contributed by atoms with Crippen LogP contribution in [0.3, 0.4) is 0 Å². The van der Waals surface area contributed by atoms with Crippen LogP contribution >= 0.6 is 11.8 Å². The Morgan fingerprint density at radius 2 is 1.93 bits per heavy atom. The number of aromatic nitrogens is 3. The van der Waals surface area contributed by atoms with E-state index in [4.69, 9.17) is 9.47 Å². The second-order valence-electron chi connectivity index (χ2n) is 5.52. The molecule has 0 atom stereocenters. The van der Waals surface area contributed by atoms with Gasteiger partial charge in [0.25, 0.3) is 5.91 Å². The van der Waals surface area contributed by atoms with E-state index in [0.717, 1.165) is 0 Å². The van der Waals surface area contributed by atoms with E-state index in [1.54, 1.807) is 12.1 Å². The van der Waals surface area contributed by atoms with Crippen LogP contribution < -0.4 is 5.32 Å². The van der Waals surface area contributed by atoms with Gasteiger partial charge in [0.15, 0.2) is 12.0 Å². The van der Waals surface area contributed by atoms with E-state index in [-0.39, 0.29) is 17.9 Å². The lowest BCUT2D eigenvalue weighted by Gasteiger charge is -2.16. The number of hydrogen-bond acceptors (Lipinski definition) is 6. The predicted octanol–water partition coefficient (Wildman–Crippen LogP) is 3.58. The highest BCUT2D eigenvalue weighted by Crippen LogP contribution is 2.32. The third kappa shape index (κ3) is 7.13. The SMILES string of the molecule is CCOC(Cn1cc(C(=O)Nc2ccccc2SCC(F)(F)F)nn1)OCC. The number of carbonyl (C=O) groups is 1. The molecule has 7 nitrogen and oxygen atoms in total. The summed E-state index contributed by atoms with van der Waals surface area (Å²) < 4.78 is 49.6. The zero-order valence-corrected chi connectivity index (χ0v) is 16.2. The van der Waals surface area contributed by atoms with Gasteiger partial charge in [-0.3, -0.25) is 4.79 Å². The van der Waals surface area contributed by atoms with Gasteiger partial charge in [-0.1, -0.05) is 17.3 Å². The Hall–Kier alpha value is -2.11. The third-order valence-electron chi connectivity index (χ3n) is 3.34. The number of nitrogens with one attached hydrogen (secondary N) is 1. The molecule has 2 aromatic rings. The normalized spacial score (nSPS) is 11.8. The Bertz CT molecular complexity index is 764. The summed E-state index contributed by atoms with van der Waals surface area (Å²) in [4.78, 5) is 12.7. The molecule has 28 heavy (non-hydrogen) atoms. The number of hydrogen-bond donors (Lipinski definition) is 1. The number of nitrogens with zero attached hydrogens (tertiary/aromatic N) is 3. The predicted molar refractivity (Wildman–Crippen MR) is 98.2 cm³/mol. The number of alkyl halides is 3. The molecule has 1 heterocycles. The first kappa shape index (κ1) is 22.2. The van der Waals surface area contributed by atoms with Crippen LogP contribution in [0.2, 0.25) is 0 Å². The Morgan fingerprint density at radius 1 is 1.25 bits per heavy atom. The van der Waals surface area contributed by atoms with Gasteiger partial charge in [-0.05, 0) is 26.0 Å². The van der Waals surface area contributed by atoms with Gasteiger partial charge in [-0.15, -0.1) is 16.9 Å². The lowest BCUT2D eigenvalue weighted by atomic mass is 10.3. The minimum Gasteiger partial charge on any atom is -0.351 e. The highest BCUT2D eigenvalue weighted by Gasteiger charge is 2.28. The van der Waals surface area contributed by atoms with E-state index >= 15 is 0 Å². The maximum atomic E-state index is 12.5. The first-order valence-electron chi connectivity index (χ1n) is 8.55. The highest BCUT2D eigenvalue weighted by molar-refractivity contribution is 7.99. The number of ether oxygens (including phenoxy) is 2. The second kappa shape index (κ2) is 10.4. The molecular weight excluding hydrogens is 397 g/mol. The summed E-state index contributed by atoms with van der Waals surface area (Å²) in [5.41, 5.74) is 0.306. The average molecular weight is 418 g/mol. The smallest absolute Gasteiger partial charge is 0.351 e. The molecule has 1 N–H and O–H groups in total. The number of halogens is 3. The van der Waals surface area contributed by atoms with Crippen LogP contribution in [0.15, 0.2) is 35.4 Å². The number of anilines is 1. The molecule has 0 aliphatic carbocycles. The standard InChI is InChI=1S/C17H21F3N4O3S/c1-3-26-15(27-4-2)10-24-9-13(22-23-24)16(25)21-12-7-5-6-8-14(12)28-11-17(18,19)20/h5-9,15H,3-4,10-11H2,1-2H3,(H,21,25). The van der Waals surface area contributed by atoms with Gasteiger partial charge < -0.3 is 14.8 Å². The minimum absolute atomic E-state index is 0.0300. The fourth-order valence-corrected chi connectivity index (χ4v) is 2.98. The molecule has 154 valence electrons. The van der Waals surface area contributed by atoms with Crippen molar-refractivity contribution in [3.8, 4) is 0 Å². The summed E-state index contributed by atoms with van der Waals surface area (Å²) in [6.07, 6.45) is -3.40. The van der Waals surface area contributed by atoms with Gasteiger partial charge in [0.05, 0.1) is 24.2 Å². The Kier molecular flexibility index (Phi) is 8.27. The van der Waals surface area contributed by atoms with E-state index in [0.29, 0.717) is 29.9 Å². The number of amides is 1. The molecule has 2 rings (SSSR count). The molecule has 0 saturated carbocycles. The van der Waals surface area contributed by atoms with Crippen molar-refractivity contribution < 1.29 is 27.4 Å². The van der Waals surface area contributed by atoms with Gasteiger partial charge in [0.2, 0.25) is 0 Å². The van der Waals surface area contributed by atoms with Gasteiger partial charge >= 0.3 is 6.18 Å². The molecule has 1 amide bonds. The Labute approximate surface area is 164 Å². The molecule has 1 aromatic heterocycles. The number of rotatable bonds is 10. The number of carbonyl (C=O) groups excluding carboxylic acids is 1. The fraction of sp³-hybridized carbons (Fsp3) is 0.471. The molecule has 0 aliphatic heterocycles. The average Bonchev–Trinajstić information content (AvgIpc) is 3.09. The van der Waals surface area contributed by atoms with E-state index < -0.39 is 24.1 Å². The molecule has 0 spiro atoms. The molecule has 1 aromatic carbocycles. The largest absolute Gasteiger partial charge is 0.398 e. The maximum absolute atomic E-state index is 12.5. The van der Waals surface area contributed by atoms with Crippen molar-refractivity contribution in [2.75, 3.05) is 24.3 Å². The van der Waals surface area contributed by atoms with Gasteiger partial charge in [-0.2, -0.15) is 13.2 Å². The van der Waals surface area contributed by atoms with Crippen molar-refractivity contribution in [1.82, 2.24) is 15.0 Å². The summed E-state index contributed by atoms with van der Waals surface area (Å²) in [7, 11) is 0.